The lowest BCUT2D eigenvalue weighted by Gasteiger charge is -2.38. The van der Waals surface area contributed by atoms with Crippen molar-refractivity contribution in [1.29, 1.82) is 0 Å². The molecule has 0 amide bonds. The zero-order chi connectivity index (χ0) is 25.9. The Morgan fingerprint density at radius 2 is 1.86 bits per heavy atom. The van der Waals surface area contributed by atoms with Crippen LogP contribution in [-0.4, -0.2) is 51.6 Å². The molecule has 1 saturated carbocycles. The molecule has 0 spiro atoms. The number of hydrogen-bond donors (Lipinski definition) is 2. The molecule has 2 N–H and O–H groups in total. The highest BCUT2D eigenvalue weighted by molar-refractivity contribution is 6.35. The van der Waals surface area contributed by atoms with Crippen molar-refractivity contribution in [3.05, 3.63) is 68.7 Å². The first-order chi connectivity index (χ1) is 17.9. The van der Waals surface area contributed by atoms with Gasteiger partial charge in [0.2, 0.25) is 0 Å². The molecule has 2 atom stereocenters. The molecule has 1 aliphatic heterocycles. The molecule has 2 aliphatic rings. The predicted molar refractivity (Wildman–Crippen MR) is 153 cm³/mol. The highest BCUT2D eigenvalue weighted by atomic mass is 35.5. The molecule has 37 heavy (non-hydrogen) atoms. The first-order valence-electron chi connectivity index (χ1n) is 13.1. The predicted octanol–water partition coefficient (Wildman–Crippen LogP) is 5.34. The van der Waals surface area contributed by atoms with Crippen molar-refractivity contribution >= 4 is 45.8 Å². The van der Waals surface area contributed by atoms with Gasteiger partial charge in [-0.1, -0.05) is 42.1 Å². The highest BCUT2D eigenvalue weighted by Crippen LogP contribution is 2.24. The molecule has 0 radical (unpaired) electrons. The number of guanidine groups is 1. The van der Waals surface area contributed by atoms with Gasteiger partial charge in [0.15, 0.2) is 5.96 Å². The first kappa shape index (κ1) is 26.0. The average Bonchev–Trinajstić information content (AvgIpc) is 3.37. The number of hydrogen-bond acceptors (Lipinski definition) is 4. The summed E-state index contributed by atoms with van der Waals surface area (Å²) in [5, 5.41) is 8.97. The smallest absolute Gasteiger partial charge is 0.261 e. The number of benzene rings is 2. The van der Waals surface area contributed by atoms with E-state index in [0.717, 1.165) is 43.1 Å². The Labute approximate surface area is 227 Å². The van der Waals surface area contributed by atoms with E-state index in [4.69, 9.17) is 28.2 Å². The van der Waals surface area contributed by atoms with Crippen LogP contribution in [0.25, 0.3) is 10.9 Å². The van der Waals surface area contributed by atoms with Gasteiger partial charge >= 0.3 is 0 Å². The summed E-state index contributed by atoms with van der Waals surface area (Å²) in [4.78, 5) is 25.3. The standard InChI is InChI=1S/C28H34Cl2N6O/c1-18-15-36(16-19(2)32-18)28(33-22-5-3-4-6-22)34-23-9-10-24-26(14-23)31-17-35(27(24)37)12-11-20-7-8-21(29)13-25(20)30/h7-10,13-14,17-19,22,32H,3-6,11-12,15-16H2,1-2H3,(H,33,34)/t18-,19+. The first-order valence-corrected chi connectivity index (χ1v) is 13.9. The number of aliphatic imine (C=N–C) groups is 1. The maximum absolute atomic E-state index is 13.2. The third kappa shape index (κ3) is 6.28. The third-order valence-electron chi connectivity index (χ3n) is 7.21. The summed E-state index contributed by atoms with van der Waals surface area (Å²) in [6.45, 7) is 6.71. The van der Waals surface area contributed by atoms with Crippen LogP contribution in [0.3, 0.4) is 0 Å². The summed E-state index contributed by atoms with van der Waals surface area (Å²) >= 11 is 12.3. The van der Waals surface area contributed by atoms with Gasteiger partial charge in [-0.2, -0.15) is 0 Å². The molecular weight excluding hydrogens is 507 g/mol. The van der Waals surface area contributed by atoms with E-state index in [1.54, 1.807) is 17.0 Å². The number of piperazine rings is 1. The molecule has 0 bridgehead atoms. The van der Waals surface area contributed by atoms with Crippen LogP contribution in [0, 0.1) is 0 Å². The van der Waals surface area contributed by atoms with Crippen LogP contribution in [0.4, 0.5) is 5.69 Å². The molecule has 196 valence electrons. The number of rotatable bonds is 5. The van der Waals surface area contributed by atoms with E-state index in [2.05, 4.69) is 34.4 Å². The van der Waals surface area contributed by atoms with Gasteiger partial charge in [0.05, 0.1) is 23.3 Å². The van der Waals surface area contributed by atoms with E-state index in [1.165, 1.54) is 12.8 Å². The van der Waals surface area contributed by atoms with Crippen LogP contribution in [0.2, 0.25) is 10.0 Å². The van der Waals surface area contributed by atoms with E-state index < -0.39 is 0 Å². The lowest BCUT2D eigenvalue weighted by atomic mass is 10.1. The number of nitrogens with one attached hydrogen (secondary N) is 2. The van der Waals surface area contributed by atoms with Crippen molar-refractivity contribution in [2.24, 2.45) is 4.99 Å². The van der Waals surface area contributed by atoms with E-state index in [9.17, 15) is 4.79 Å². The molecule has 9 heteroatoms. The van der Waals surface area contributed by atoms with E-state index >= 15 is 0 Å². The normalized spacial score (nSPS) is 21.1. The Bertz CT molecular complexity index is 1340. The van der Waals surface area contributed by atoms with Gasteiger partial charge in [-0.25, -0.2) is 9.98 Å². The number of halogens is 2. The van der Waals surface area contributed by atoms with Crippen molar-refractivity contribution < 1.29 is 0 Å². The Balaban J connectivity index is 1.36. The monoisotopic (exact) mass is 540 g/mol. The van der Waals surface area contributed by atoms with E-state index in [-0.39, 0.29) is 5.56 Å². The topological polar surface area (TPSA) is 74.5 Å². The second-order valence-corrected chi connectivity index (χ2v) is 11.2. The minimum atomic E-state index is -0.0637. The van der Waals surface area contributed by atoms with Gasteiger partial charge in [-0.15, -0.1) is 0 Å². The largest absolute Gasteiger partial charge is 0.340 e. The summed E-state index contributed by atoms with van der Waals surface area (Å²) in [7, 11) is 0. The van der Waals surface area contributed by atoms with Gasteiger partial charge in [0.25, 0.3) is 5.56 Å². The molecule has 1 aliphatic carbocycles. The molecule has 0 unspecified atom stereocenters. The van der Waals surface area contributed by atoms with Crippen LogP contribution < -0.4 is 16.2 Å². The summed E-state index contributed by atoms with van der Waals surface area (Å²) in [6, 6.07) is 12.3. The average molecular weight is 542 g/mol. The van der Waals surface area contributed by atoms with Gasteiger partial charge in [0.1, 0.15) is 0 Å². The van der Waals surface area contributed by atoms with Gasteiger partial charge in [-0.05, 0) is 69.0 Å². The van der Waals surface area contributed by atoms with E-state index in [0.29, 0.717) is 52.0 Å². The minimum Gasteiger partial charge on any atom is -0.340 e. The van der Waals surface area contributed by atoms with Crippen LogP contribution >= 0.6 is 23.2 Å². The fourth-order valence-electron chi connectivity index (χ4n) is 5.39. The van der Waals surface area contributed by atoms with Crippen molar-refractivity contribution in [3.8, 4) is 0 Å². The molecule has 3 aromatic rings. The van der Waals surface area contributed by atoms with Crippen molar-refractivity contribution in [3.63, 3.8) is 0 Å². The number of fused-ring (bicyclic) bond motifs is 1. The second kappa shape index (κ2) is 11.4. The van der Waals surface area contributed by atoms with Gasteiger partial charge < -0.3 is 15.5 Å². The molecule has 1 saturated heterocycles. The van der Waals surface area contributed by atoms with E-state index in [1.807, 2.05) is 30.3 Å². The number of anilines is 1. The van der Waals surface area contributed by atoms with Crippen molar-refractivity contribution in [1.82, 2.24) is 19.8 Å². The molecule has 2 heterocycles. The lowest BCUT2D eigenvalue weighted by molar-refractivity contribution is 0.253. The minimum absolute atomic E-state index is 0.0637. The van der Waals surface area contributed by atoms with Crippen LogP contribution in [-0.2, 0) is 13.0 Å². The molecule has 7 nitrogen and oxygen atoms in total. The molecule has 1 aromatic heterocycles. The fourth-order valence-corrected chi connectivity index (χ4v) is 5.89. The molecule has 5 rings (SSSR count). The maximum Gasteiger partial charge on any atom is 0.261 e. The van der Waals surface area contributed by atoms with Crippen LogP contribution in [0.1, 0.15) is 45.1 Å². The Kier molecular flexibility index (Phi) is 8.03. The zero-order valence-electron chi connectivity index (χ0n) is 21.4. The lowest BCUT2D eigenvalue weighted by Crippen LogP contribution is -2.57. The summed E-state index contributed by atoms with van der Waals surface area (Å²) < 4.78 is 1.64. The van der Waals surface area contributed by atoms with Crippen molar-refractivity contribution in [2.45, 2.75) is 70.6 Å². The second-order valence-electron chi connectivity index (χ2n) is 10.4. The van der Waals surface area contributed by atoms with Gasteiger partial charge in [-0.3, -0.25) is 9.36 Å². The zero-order valence-corrected chi connectivity index (χ0v) is 22.9. The Hall–Kier alpha value is -2.61. The molecule has 2 aromatic carbocycles. The summed E-state index contributed by atoms with van der Waals surface area (Å²) in [5.74, 6) is 0.916. The highest BCUT2D eigenvalue weighted by Gasteiger charge is 2.25. The van der Waals surface area contributed by atoms with Gasteiger partial charge in [0, 0.05) is 47.5 Å². The maximum atomic E-state index is 13.2. The molecule has 2 fully saturated rings. The molecular formula is C28H34Cl2N6O. The quantitative estimate of drug-likeness (QED) is 0.337. The SMILES string of the molecule is C[C@@H]1CN(C(=NC2CCCC2)Nc2ccc3c(=O)n(CCc4ccc(Cl)cc4Cl)cnc3c2)C[C@H](C)N1. The number of aromatic nitrogens is 2. The number of aryl methyl sites for hydroxylation is 2. The Morgan fingerprint density at radius 3 is 2.59 bits per heavy atom. The summed E-state index contributed by atoms with van der Waals surface area (Å²) in [5.41, 5.74) is 2.44. The Morgan fingerprint density at radius 1 is 1.11 bits per heavy atom. The van der Waals surface area contributed by atoms with Crippen molar-refractivity contribution in [2.75, 3.05) is 18.4 Å². The fraction of sp³-hybridized carbons (Fsp3) is 0.464. The number of nitrogens with zero attached hydrogens (tertiary/aromatic N) is 4. The van der Waals surface area contributed by atoms with Crippen LogP contribution in [0.5, 0.6) is 0 Å². The third-order valence-corrected chi connectivity index (χ3v) is 7.79. The summed E-state index contributed by atoms with van der Waals surface area (Å²) in [6.07, 6.45) is 7.00. The van der Waals surface area contributed by atoms with Crippen LogP contribution in [0.15, 0.2) is 52.5 Å².